The minimum atomic E-state index is -0.651. The second kappa shape index (κ2) is 8.43. The van der Waals surface area contributed by atoms with E-state index in [-0.39, 0.29) is 17.8 Å². The SMILES string of the molecule is CC(C)=CCCC1COC(=O)[C@H]2/C(C=O)=C\C/C=C(\C)C[C@H](O)[C@H]12. The van der Waals surface area contributed by atoms with Gasteiger partial charge in [-0.25, -0.2) is 0 Å². The van der Waals surface area contributed by atoms with E-state index < -0.39 is 12.0 Å². The van der Waals surface area contributed by atoms with Crippen LogP contribution in [-0.4, -0.2) is 30.1 Å². The lowest BCUT2D eigenvalue weighted by molar-refractivity contribution is -0.164. The Balaban J connectivity index is 2.33. The van der Waals surface area contributed by atoms with Gasteiger partial charge in [0.25, 0.3) is 0 Å². The molecular weight excluding hydrogens is 304 g/mol. The molecule has 0 aromatic rings. The van der Waals surface area contributed by atoms with Crippen molar-refractivity contribution in [3.05, 3.63) is 34.9 Å². The summed E-state index contributed by atoms with van der Waals surface area (Å²) in [5, 5.41) is 10.8. The molecule has 0 aromatic heterocycles. The third-order valence-electron chi connectivity index (χ3n) is 5.00. The quantitative estimate of drug-likeness (QED) is 0.487. The lowest BCUT2D eigenvalue weighted by Crippen LogP contribution is -2.46. The molecule has 1 saturated heterocycles. The van der Waals surface area contributed by atoms with Crippen molar-refractivity contribution in [1.29, 1.82) is 0 Å². The second-order valence-electron chi connectivity index (χ2n) is 7.18. The van der Waals surface area contributed by atoms with Crippen LogP contribution in [0.25, 0.3) is 0 Å². The largest absolute Gasteiger partial charge is 0.465 e. The summed E-state index contributed by atoms with van der Waals surface area (Å²) >= 11 is 0. The maximum absolute atomic E-state index is 12.4. The van der Waals surface area contributed by atoms with E-state index in [1.54, 1.807) is 6.08 Å². The number of carbonyl (C=O) groups is 2. The molecule has 132 valence electrons. The standard InChI is InChI=1S/C20H28O4/c1-13(2)6-4-9-16-12-24-20(23)19-15(11-21)8-5-7-14(3)10-17(22)18(16)19/h6-8,11,16-19,22H,4-5,9-10,12H2,1-3H3/b14-7+,15-8-/t16?,17-,18-,19-/m0/s1. The average Bonchev–Trinajstić information content (AvgIpc) is 2.58. The van der Waals surface area contributed by atoms with E-state index in [1.165, 1.54) is 5.57 Å². The first-order valence-electron chi connectivity index (χ1n) is 8.73. The summed E-state index contributed by atoms with van der Waals surface area (Å²) < 4.78 is 5.37. The van der Waals surface area contributed by atoms with Crippen molar-refractivity contribution in [2.45, 2.75) is 52.6 Å². The minimum absolute atomic E-state index is 0.0625. The zero-order valence-electron chi connectivity index (χ0n) is 14.8. The van der Waals surface area contributed by atoms with E-state index in [1.807, 2.05) is 13.0 Å². The van der Waals surface area contributed by atoms with Crippen molar-refractivity contribution in [3.8, 4) is 0 Å². The van der Waals surface area contributed by atoms with Gasteiger partial charge < -0.3 is 9.84 Å². The van der Waals surface area contributed by atoms with Crippen molar-refractivity contribution in [2.24, 2.45) is 17.8 Å². The summed E-state index contributed by atoms with van der Waals surface area (Å²) in [4.78, 5) is 23.9. The maximum atomic E-state index is 12.4. The van der Waals surface area contributed by atoms with Crippen molar-refractivity contribution in [2.75, 3.05) is 6.61 Å². The highest BCUT2D eigenvalue weighted by molar-refractivity contribution is 5.88. The Labute approximate surface area is 144 Å². The minimum Gasteiger partial charge on any atom is -0.465 e. The Morgan fingerprint density at radius 2 is 2.12 bits per heavy atom. The molecule has 1 fully saturated rings. The monoisotopic (exact) mass is 332 g/mol. The van der Waals surface area contributed by atoms with E-state index in [9.17, 15) is 14.7 Å². The molecule has 0 radical (unpaired) electrons. The Bertz CT molecular complexity index is 566. The number of esters is 1. The fourth-order valence-electron chi connectivity index (χ4n) is 3.77. The van der Waals surface area contributed by atoms with E-state index in [4.69, 9.17) is 4.74 Å². The molecule has 1 heterocycles. The topological polar surface area (TPSA) is 63.6 Å². The number of aliphatic hydroxyl groups excluding tert-OH is 1. The molecule has 0 amide bonds. The van der Waals surface area contributed by atoms with E-state index in [2.05, 4.69) is 19.9 Å². The molecule has 1 unspecified atom stereocenters. The van der Waals surface area contributed by atoms with E-state index in [0.29, 0.717) is 25.0 Å². The van der Waals surface area contributed by atoms with Gasteiger partial charge in [-0.1, -0.05) is 29.4 Å². The van der Waals surface area contributed by atoms with Crippen LogP contribution in [0.1, 0.15) is 46.5 Å². The molecule has 4 heteroatoms. The first-order valence-corrected chi connectivity index (χ1v) is 8.73. The van der Waals surface area contributed by atoms with Crippen LogP contribution in [-0.2, 0) is 14.3 Å². The second-order valence-corrected chi connectivity index (χ2v) is 7.18. The normalized spacial score (nSPS) is 34.9. The van der Waals surface area contributed by atoms with Gasteiger partial charge in [0, 0.05) is 11.5 Å². The van der Waals surface area contributed by atoms with E-state index in [0.717, 1.165) is 24.7 Å². The van der Waals surface area contributed by atoms with Crippen LogP contribution in [0.15, 0.2) is 34.9 Å². The van der Waals surface area contributed by atoms with Gasteiger partial charge in [-0.15, -0.1) is 0 Å². The van der Waals surface area contributed by atoms with Gasteiger partial charge in [0.15, 0.2) is 0 Å². The highest BCUT2D eigenvalue weighted by atomic mass is 16.5. The molecule has 1 aliphatic heterocycles. The predicted octanol–water partition coefficient (Wildman–Crippen LogP) is 3.36. The van der Waals surface area contributed by atoms with Crippen molar-refractivity contribution >= 4 is 12.3 Å². The van der Waals surface area contributed by atoms with Gasteiger partial charge in [0.05, 0.1) is 18.6 Å². The molecule has 2 rings (SSSR count). The van der Waals surface area contributed by atoms with Gasteiger partial charge >= 0.3 is 5.97 Å². The van der Waals surface area contributed by atoms with Crippen molar-refractivity contribution in [3.63, 3.8) is 0 Å². The van der Waals surface area contributed by atoms with Gasteiger partial charge in [-0.05, 0) is 52.4 Å². The van der Waals surface area contributed by atoms with Crippen molar-refractivity contribution < 1.29 is 19.4 Å². The third kappa shape index (κ3) is 4.44. The molecule has 1 N–H and O–H groups in total. The number of aliphatic hydroxyl groups is 1. The molecule has 2 aliphatic rings. The van der Waals surface area contributed by atoms with Crippen LogP contribution < -0.4 is 0 Å². The van der Waals surface area contributed by atoms with Gasteiger partial charge in [-0.2, -0.15) is 0 Å². The molecule has 0 aromatic carbocycles. The average molecular weight is 332 g/mol. The zero-order chi connectivity index (χ0) is 17.7. The van der Waals surface area contributed by atoms with Crippen LogP contribution in [0.5, 0.6) is 0 Å². The van der Waals surface area contributed by atoms with Gasteiger partial charge in [0.2, 0.25) is 0 Å². The number of rotatable bonds is 4. The van der Waals surface area contributed by atoms with Crippen LogP contribution in [0.4, 0.5) is 0 Å². The highest BCUT2D eigenvalue weighted by Gasteiger charge is 2.45. The highest BCUT2D eigenvalue weighted by Crippen LogP contribution is 2.39. The van der Waals surface area contributed by atoms with E-state index >= 15 is 0 Å². The van der Waals surface area contributed by atoms with Crippen LogP contribution in [0.3, 0.4) is 0 Å². The predicted molar refractivity (Wildman–Crippen MR) is 93.2 cm³/mol. The smallest absolute Gasteiger partial charge is 0.313 e. The summed E-state index contributed by atoms with van der Waals surface area (Å²) in [6, 6.07) is 0. The first kappa shape index (κ1) is 18.7. The van der Waals surface area contributed by atoms with Gasteiger partial charge in [0.1, 0.15) is 6.29 Å². The molecular formula is C20H28O4. The Hall–Kier alpha value is -1.68. The summed E-state index contributed by atoms with van der Waals surface area (Å²) in [7, 11) is 0. The van der Waals surface area contributed by atoms with Gasteiger partial charge in [-0.3, -0.25) is 9.59 Å². The zero-order valence-corrected chi connectivity index (χ0v) is 14.8. The first-order chi connectivity index (χ1) is 11.4. The third-order valence-corrected chi connectivity index (χ3v) is 5.00. The molecule has 0 saturated carbocycles. The number of ether oxygens (including phenoxy) is 1. The number of fused-ring (bicyclic) bond motifs is 1. The number of hydrogen-bond acceptors (Lipinski definition) is 4. The number of aldehydes is 1. The lowest BCUT2D eigenvalue weighted by atomic mass is 9.70. The van der Waals surface area contributed by atoms with Crippen molar-refractivity contribution in [1.82, 2.24) is 0 Å². The molecule has 1 aliphatic carbocycles. The molecule has 4 atom stereocenters. The fourth-order valence-corrected chi connectivity index (χ4v) is 3.77. The molecule has 0 spiro atoms. The van der Waals surface area contributed by atoms with Crippen LogP contribution in [0, 0.1) is 17.8 Å². The molecule has 24 heavy (non-hydrogen) atoms. The maximum Gasteiger partial charge on any atom is 0.313 e. The Morgan fingerprint density at radius 1 is 1.38 bits per heavy atom. The number of cyclic esters (lactones) is 1. The molecule has 0 bridgehead atoms. The molecule has 4 nitrogen and oxygen atoms in total. The Kier molecular flexibility index (Phi) is 6.55. The Morgan fingerprint density at radius 3 is 2.79 bits per heavy atom. The number of hydrogen-bond donors (Lipinski definition) is 1. The summed E-state index contributed by atoms with van der Waals surface area (Å²) in [5.74, 6) is -1.24. The summed E-state index contributed by atoms with van der Waals surface area (Å²) in [5.41, 5.74) is 2.79. The summed E-state index contributed by atoms with van der Waals surface area (Å²) in [6.45, 7) is 6.42. The number of carbonyl (C=O) groups excluding carboxylic acids is 2. The fraction of sp³-hybridized carbons (Fsp3) is 0.600. The number of allylic oxidation sites excluding steroid dienone is 4. The lowest BCUT2D eigenvalue weighted by Gasteiger charge is -2.39. The van der Waals surface area contributed by atoms with Crippen LogP contribution in [0.2, 0.25) is 0 Å². The summed E-state index contributed by atoms with van der Waals surface area (Å²) in [6.07, 6.45) is 8.93. The van der Waals surface area contributed by atoms with Crippen LogP contribution >= 0.6 is 0 Å².